The lowest BCUT2D eigenvalue weighted by molar-refractivity contribution is -0.148. The van der Waals surface area contributed by atoms with Crippen LogP contribution in [0.15, 0.2) is 54.6 Å². The minimum absolute atomic E-state index is 0.0231. The van der Waals surface area contributed by atoms with Crippen LogP contribution in [0.5, 0.6) is 5.75 Å². The second-order valence-electron chi connectivity index (χ2n) is 6.32. The first-order chi connectivity index (χ1) is 14.0. The zero-order valence-electron chi connectivity index (χ0n) is 16.1. The molecule has 150 valence electrons. The van der Waals surface area contributed by atoms with Crippen LogP contribution < -0.4 is 15.4 Å². The third kappa shape index (κ3) is 5.13. The number of methoxy groups -OCH3 is 1. The van der Waals surface area contributed by atoms with Crippen molar-refractivity contribution >= 4 is 34.5 Å². The smallest absolute Gasteiger partial charge is 0.326 e. The number of amides is 3. The fraction of sp³-hybridized carbons (Fsp3) is 0.190. The predicted molar refractivity (Wildman–Crippen MR) is 108 cm³/mol. The molecule has 8 heteroatoms. The van der Waals surface area contributed by atoms with Crippen molar-refractivity contribution in [3.8, 4) is 5.75 Å². The van der Waals surface area contributed by atoms with E-state index in [0.29, 0.717) is 11.4 Å². The summed E-state index contributed by atoms with van der Waals surface area (Å²) in [6.45, 7) is 1.32. The number of benzene rings is 2. The summed E-state index contributed by atoms with van der Waals surface area (Å²) in [5.41, 5.74) is 2.31. The van der Waals surface area contributed by atoms with Gasteiger partial charge in [0.15, 0.2) is 6.61 Å². The number of nitrogens with one attached hydrogen (secondary N) is 2. The lowest BCUT2D eigenvalue weighted by Gasteiger charge is -2.10. The van der Waals surface area contributed by atoms with Gasteiger partial charge in [-0.25, -0.2) is 4.79 Å². The molecule has 3 amide bonds. The Morgan fingerprint density at radius 2 is 1.76 bits per heavy atom. The number of urea groups is 1. The van der Waals surface area contributed by atoms with Gasteiger partial charge in [-0.05, 0) is 48.7 Å². The highest BCUT2D eigenvalue weighted by Crippen LogP contribution is 2.19. The van der Waals surface area contributed by atoms with Crippen LogP contribution in [-0.4, -0.2) is 36.2 Å². The van der Waals surface area contributed by atoms with Gasteiger partial charge in [0.25, 0.3) is 5.91 Å². The molecule has 0 saturated heterocycles. The lowest BCUT2D eigenvalue weighted by atomic mass is 10.2. The SMILES string of the molecule is COc1ccc(NC(=O)NC(=O)COC(=O)Cn2c(C)cc3ccccc32)cc1. The topological polar surface area (TPSA) is 98.7 Å². The van der Waals surface area contributed by atoms with Gasteiger partial charge >= 0.3 is 12.0 Å². The summed E-state index contributed by atoms with van der Waals surface area (Å²) >= 11 is 0. The minimum atomic E-state index is -0.724. The first kappa shape index (κ1) is 19.9. The molecule has 0 saturated carbocycles. The lowest BCUT2D eigenvalue weighted by Crippen LogP contribution is -2.37. The maximum atomic E-state index is 12.1. The van der Waals surface area contributed by atoms with Gasteiger partial charge in [-0.1, -0.05) is 18.2 Å². The number of anilines is 1. The molecule has 0 atom stereocenters. The first-order valence-corrected chi connectivity index (χ1v) is 8.91. The fourth-order valence-electron chi connectivity index (χ4n) is 2.88. The minimum Gasteiger partial charge on any atom is -0.497 e. The van der Waals surface area contributed by atoms with Crippen molar-refractivity contribution in [2.75, 3.05) is 19.0 Å². The van der Waals surface area contributed by atoms with Gasteiger partial charge in [0.1, 0.15) is 12.3 Å². The van der Waals surface area contributed by atoms with Gasteiger partial charge in [0.2, 0.25) is 0 Å². The number of fused-ring (bicyclic) bond motifs is 1. The highest BCUT2D eigenvalue weighted by atomic mass is 16.5. The molecular formula is C21H21N3O5. The number of ether oxygens (including phenoxy) is 2. The van der Waals surface area contributed by atoms with E-state index in [1.54, 1.807) is 24.3 Å². The molecule has 3 rings (SSSR count). The number of esters is 1. The van der Waals surface area contributed by atoms with Crippen LogP contribution >= 0.6 is 0 Å². The summed E-state index contributed by atoms with van der Waals surface area (Å²) in [6, 6.07) is 15.5. The standard InChI is InChI=1S/C21H21N3O5/c1-14-11-15-5-3-4-6-18(15)24(14)12-20(26)29-13-19(25)23-21(27)22-16-7-9-17(28-2)10-8-16/h3-11H,12-13H2,1-2H3,(H2,22,23,25,27). The van der Waals surface area contributed by atoms with Gasteiger partial charge in [-0.3, -0.25) is 14.9 Å². The van der Waals surface area contributed by atoms with Gasteiger partial charge in [0, 0.05) is 16.9 Å². The monoisotopic (exact) mass is 395 g/mol. The maximum absolute atomic E-state index is 12.1. The Morgan fingerprint density at radius 1 is 1.03 bits per heavy atom. The highest BCUT2D eigenvalue weighted by Gasteiger charge is 2.14. The van der Waals surface area contributed by atoms with Crippen LogP contribution in [0.4, 0.5) is 10.5 Å². The van der Waals surface area contributed by atoms with Gasteiger partial charge in [0.05, 0.1) is 7.11 Å². The van der Waals surface area contributed by atoms with Crippen molar-refractivity contribution in [3.05, 3.63) is 60.3 Å². The third-order valence-corrected chi connectivity index (χ3v) is 4.27. The van der Waals surface area contributed by atoms with E-state index in [1.807, 2.05) is 41.8 Å². The summed E-state index contributed by atoms with van der Waals surface area (Å²) in [5, 5.41) is 5.63. The van der Waals surface area contributed by atoms with Crippen molar-refractivity contribution in [2.45, 2.75) is 13.5 Å². The Bertz CT molecular complexity index is 1040. The summed E-state index contributed by atoms with van der Waals surface area (Å²) in [5.74, 6) is -0.650. The van der Waals surface area contributed by atoms with E-state index in [0.717, 1.165) is 16.6 Å². The number of imide groups is 1. The molecule has 0 unspecified atom stereocenters. The van der Waals surface area contributed by atoms with Crippen LogP contribution in [0.25, 0.3) is 10.9 Å². The summed E-state index contributed by atoms with van der Waals surface area (Å²) < 4.78 is 11.8. The zero-order valence-corrected chi connectivity index (χ0v) is 16.1. The van der Waals surface area contributed by atoms with Crippen molar-refractivity contribution < 1.29 is 23.9 Å². The summed E-state index contributed by atoms with van der Waals surface area (Å²) in [6.07, 6.45) is 0. The van der Waals surface area contributed by atoms with Crippen LogP contribution in [0.1, 0.15) is 5.69 Å². The van der Waals surface area contributed by atoms with Crippen LogP contribution in [-0.2, 0) is 20.9 Å². The molecule has 29 heavy (non-hydrogen) atoms. The van der Waals surface area contributed by atoms with Crippen LogP contribution in [0.3, 0.4) is 0 Å². The molecule has 0 aliphatic heterocycles. The van der Waals surface area contributed by atoms with Crippen LogP contribution in [0.2, 0.25) is 0 Å². The normalized spacial score (nSPS) is 10.4. The van der Waals surface area contributed by atoms with E-state index < -0.39 is 24.5 Å². The average molecular weight is 395 g/mol. The largest absolute Gasteiger partial charge is 0.497 e. The molecule has 0 spiro atoms. The van der Waals surface area contributed by atoms with Gasteiger partial charge in [-0.2, -0.15) is 0 Å². The Balaban J connectivity index is 1.47. The second kappa shape index (κ2) is 8.92. The molecule has 0 aliphatic carbocycles. The number of nitrogens with zero attached hydrogens (tertiary/aromatic N) is 1. The molecule has 1 heterocycles. The Labute approximate surface area is 167 Å². The van der Waals surface area contributed by atoms with Crippen molar-refractivity contribution in [1.82, 2.24) is 9.88 Å². The number of hydrogen-bond acceptors (Lipinski definition) is 5. The number of carbonyl (C=O) groups is 3. The highest BCUT2D eigenvalue weighted by molar-refractivity contribution is 6.01. The van der Waals surface area contributed by atoms with E-state index in [4.69, 9.17) is 9.47 Å². The number of aryl methyl sites for hydroxylation is 1. The zero-order chi connectivity index (χ0) is 20.8. The number of aromatic nitrogens is 1. The molecule has 2 aromatic carbocycles. The quantitative estimate of drug-likeness (QED) is 0.626. The molecule has 3 aromatic rings. The maximum Gasteiger partial charge on any atom is 0.326 e. The van der Waals surface area contributed by atoms with E-state index in [1.165, 1.54) is 7.11 Å². The second-order valence-corrected chi connectivity index (χ2v) is 6.32. The third-order valence-electron chi connectivity index (χ3n) is 4.27. The number of carbonyl (C=O) groups excluding carboxylic acids is 3. The predicted octanol–water partition coefficient (Wildman–Crippen LogP) is 2.85. The first-order valence-electron chi connectivity index (χ1n) is 8.91. The van der Waals surface area contributed by atoms with Crippen molar-refractivity contribution in [2.24, 2.45) is 0 Å². The molecule has 2 N–H and O–H groups in total. The van der Waals surface area contributed by atoms with E-state index in [9.17, 15) is 14.4 Å². The van der Waals surface area contributed by atoms with Gasteiger partial charge < -0.3 is 19.4 Å². The molecule has 0 fully saturated rings. The number of hydrogen-bond donors (Lipinski definition) is 2. The molecular weight excluding hydrogens is 374 g/mol. The fourth-order valence-corrected chi connectivity index (χ4v) is 2.88. The molecule has 1 aromatic heterocycles. The summed E-state index contributed by atoms with van der Waals surface area (Å²) in [4.78, 5) is 35.8. The molecule has 0 radical (unpaired) electrons. The Hall–Kier alpha value is -3.81. The summed E-state index contributed by atoms with van der Waals surface area (Å²) in [7, 11) is 1.54. The van der Waals surface area contributed by atoms with E-state index >= 15 is 0 Å². The Morgan fingerprint density at radius 3 is 2.48 bits per heavy atom. The average Bonchev–Trinajstić information content (AvgIpc) is 3.02. The van der Waals surface area contributed by atoms with E-state index in [-0.39, 0.29) is 6.54 Å². The molecule has 0 bridgehead atoms. The molecule has 0 aliphatic rings. The van der Waals surface area contributed by atoms with Gasteiger partial charge in [-0.15, -0.1) is 0 Å². The number of para-hydroxylation sites is 1. The van der Waals surface area contributed by atoms with E-state index in [2.05, 4.69) is 10.6 Å². The van der Waals surface area contributed by atoms with Crippen molar-refractivity contribution in [3.63, 3.8) is 0 Å². The van der Waals surface area contributed by atoms with Crippen LogP contribution in [0, 0.1) is 6.92 Å². The Kier molecular flexibility index (Phi) is 6.13. The number of rotatable bonds is 6. The molecule has 8 nitrogen and oxygen atoms in total. The van der Waals surface area contributed by atoms with Crippen molar-refractivity contribution in [1.29, 1.82) is 0 Å².